The number of nitrogens with two attached hydrogens (primary N) is 1. The van der Waals surface area contributed by atoms with Crippen LogP contribution in [0.5, 0.6) is 0 Å². The number of likely N-dealkylation sites (tertiary alicyclic amines) is 1. The fourth-order valence-corrected chi connectivity index (χ4v) is 4.69. The summed E-state index contributed by atoms with van der Waals surface area (Å²) in [6.45, 7) is 3.08. The molecule has 2 saturated heterocycles. The van der Waals surface area contributed by atoms with E-state index < -0.39 is 17.4 Å². The Balaban J connectivity index is 1.70. The average molecular weight is 421 g/mol. The van der Waals surface area contributed by atoms with Crippen molar-refractivity contribution in [2.24, 2.45) is 0 Å². The van der Waals surface area contributed by atoms with Gasteiger partial charge in [-0.3, -0.25) is 29.1 Å². The Kier molecular flexibility index (Phi) is 4.53. The molecule has 3 aliphatic heterocycles. The van der Waals surface area contributed by atoms with Crippen LogP contribution in [-0.4, -0.2) is 53.4 Å². The molecule has 3 N–H and O–H groups in total. The van der Waals surface area contributed by atoms with E-state index in [1.807, 2.05) is 6.07 Å². The number of carbonyl (C=O) groups is 3. The van der Waals surface area contributed by atoms with Gasteiger partial charge in [-0.15, -0.1) is 0 Å². The summed E-state index contributed by atoms with van der Waals surface area (Å²) in [5, 5.41) is 2.18. The molecule has 5 rings (SSSR count). The number of nitrogens with zero attached hydrogens (tertiary/aromatic N) is 3. The first kappa shape index (κ1) is 19.3. The summed E-state index contributed by atoms with van der Waals surface area (Å²) in [6.07, 6.45) is 4.01. The minimum atomic E-state index is -0.631. The van der Waals surface area contributed by atoms with Crippen LogP contribution in [0, 0.1) is 0 Å². The number of pyridine rings is 1. The van der Waals surface area contributed by atoms with E-state index >= 15 is 0 Å². The molecule has 0 radical (unpaired) electrons. The topological polar surface area (TPSA) is 118 Å². The third kappa shape index (κ3) is 3.08. The fraction of sp³-hybridized carbons (Fsp3) is 0.364. The molecule has 160 valence electrons. The highest BCUT2D eigenvalue weighted by Crippen LogP contribution is 2.32. The van der Waals surface area contributed by atoms with Crippen LogP contribution in [0.1, 0.15) is 56.8 Å². The van der Waals surface area contributed by atoms with Gasteiger partial charge in [0.15, 0.2) is 0 Å². The summed E-state index contributed by atoms with van der Waals surface area (Å²) in [5.74, 6) is -1.45. The number of hydrogen-bond donors (Lipinski definition) is 2. The first-order valence-corrected chi connectivity index (χ1v) is 10.6. The number of anilines is 2. The number of fused-ring (bicyclic) bond motifs is 1. The quantitative estimate of drug-likeness (QED) is 0.718. The van der Waals surface area contributed by atoms with Crippen molar-refractivity contribution in [1.29, 1.82) is 0 Å². The Bertz CT molecular complexity index is 1170. The third-order valence-electron chi connectivity index (χ3n) is 6.26. The van der Waals surface area contributed by atoms with E-state index in [0.29, 0.717) is 24.3 Å². The SMILES string of the molecule is Nc1c2c(cc(=O)n1-c1cc(C(=O)N3CCCC3)ccc1N1CCCC1)C(=O)NC2=O. The lowest BCUT2D eigenvalue weighted by atomic mass is 10.1. The molecule has 0 atom stereocenters. The van der Waals surface area contributed by atoms with Crippen molar-refractivity contribution >= 4 is 29.2 Å². The van der Waals surface area contributed by atoms with Gasteiger partial charge >= 0.3 is 0 Å². The normalized spacial score (nSPS) is 17.9. The predicted octanol–water partition coefficient (Wildman–Crippen LogP) is 1.14. The van der Waals surface area contributed by atoms with Crippen LogP contribution in [0.3, 0.4) is 0 Å². The van der Waals surface area contributed by atoms with Gasteiger partial charge in [-0.05, 0) is 43.9 Å². The van der Waals surface area contributed by atoms with Gasteiger partial charge in [-0.2, -0.15) is 0 Å². The van der Waals surface area contributed by atoms with E-state index in [1.165, 1.54) is 4.57 Å². The maximum atomic E-state index is 13.0. The number of nitrogens with one attached hydrogen (secondary N) is 1. The molecule has 4 heterocycles. The van der Waals surface area contributed by atoms with E-state index in [4.69, 9.17) is 5.73 Å². The van der Waals surface area contributed by atoms with Crippen LogP contribution in [0.4, 0.5) is 11.5 Å². The molecular formula is C22H23N5O4. The molecule has 0 unspecified atom stereocenters. The zero-order valence-electron chi connectivity index (χ0n) is 17.0. The summed E-state index contributed by atoms with van der Waals surface area (Å²) < 4.78 is 1.24. The van der Waals surface area contributed by atoms with E-state index in [2.05, 4.69) is 10.2 Å². The number of imide groups is 1. The molecule has 2 aromatic rings. The second-order valence-electron chi connectivity index (χ2n) is 8.17. The second kappa shape index (κ2) is 7.26. The van der Waals surface area contributed by atoms with Crippen molar-refractivity contribution < 1.29 is 14.4 Å². The van der Waals surface area contributed by atoms with Gasteiger partial charge in [-0.25, -0.2) is 0 Å². The van der Waals surface area contributed by atoms with Gasteiger partial charge in [0, 0.05) is 37.8 Å². The second-order valence-corrected chi connectivity index (χ2v) is 8.17. The van der Waals surface area contributed by atoms with E-state index in [0.717, 1.165) is 50.5 Å². The van der Waals surface area contributed by atoms with Crippen LogP contribution in [-0.2, 0) is 0 Å². The number of benzene rings is 1. The van der Waals surface area contributed by atoms with Gasteiger partial charge in [0.25, 0.3) is 23.3 Å². The van der Waals surface area contributed by atoms with Gasteiger partial charge < -0.3 is 15.5 Å². The molecule has 0 bridgehead atoms. The lowest BCUT2D eigenvalue weighted by Crippen LogP contribution is -2.30. The molecule has 31 heavy (non-hydrogen) atoms. The van der Waals surface area contributed by atoms with Crippen LogP contribution in [0.25, 0.3) is 5.69 Å². The summed E-state index contributed by atoms with van der Waals surface area (Å²) >= 11 is 0. The zero-order valence-corrected chi connectivity index (χ0v) is 17.0. The Labute approximate surface area is 178 Å². The molecule has 2 fully saturated rings. The number of amides is 3. The summed E-state index contributed by atoms with van der Waals surface area (Å²) in [4.78, 5) is 54.3. The van der Waals surface area contributed by atoms with Gasteiger partial charge in [-0.1, -0.05) is 0 Å². The monoisotopic (exact) mass is 421 g/mol. The number of nitrogen functional groups attached to an aromatic ring is 1. The van der Waals surface area contributed by atoms with Crippen LogP contribution in [0.15, 0.2) is 29.1 Å². The maximum absolute atomic E-state index is 13.0. The zero-order chi connectivity index (χ0) is 21.7. The Morgan fingerprint density at radius 2 is 1.55 bits per heavy atom. The molecule has 0 saturated carbocycles. The van der Waals surface area contributed by atoms with Crippen LogP contribution < -0.4 is 21.5 Å². The molecule has 3 amide bonds. The Morgan fingerprint density at radius 1 is 0.871 bits per heavy atom. The van der Waals surface area contributed by atoms with Gasteiger partial charge in [0.2, 0.25) is 0 Å². The van der Waals surface area contributed by atoms with Crippen molar-refractivity contribution in [2.45, 2.75) is 25.7 Å². The molecular weight excluding hydrogens is 398 g/mol. The van der Waals surface area contributed by atoms with Crippen LogP contribution >= 0.6 is 0 Å². The molecule has 1 aromatic carbocycles. The molecule has 0 aliphatic carbocycles. The highest BCUT2D eigenvalue weighted by molar-refractivity contribution is 6.23. The number of rotatable bonds is 3. The lowest BCUT2D eigenvalue weighted by Gasteiger charge is -2.24. The van der Waals surface area contributed by atoms with Crippen molar-refractivity contribution in [3.8, 4) is 5.69 Å². The smallest absolute Gasteiger partial charge is 0.262 e. The average Bonchev–Trinajstić information content (AvgIpc) is 3.50. The van der Waals surface area contributed by atoms with Crippen LogP contribution in [0.2, 0.25) is 0 Å². The predicted molar refractivity (Wildman–Crippen MR) is 115 cm³/mol. The number of carbonyl (C=O) groups excluding carboxylic acids is 3. The summed E-state index contributed by atoms with van der Waals surface area (Å²) in [6, 6.07) is 6.43. The first-order chi connectivity index (χ1) is 15.0. The van der Waals surface area contributed by atoms with Gasteiger partial charge in [0.1, 0.15) is 5.82 Å². The summed E-state index contributed by atoms with van der Waals surface area (Å²) in [5.41, 5.74) is 7.41. The Morgan fingerprint density at radius 3 is 2.26 bits per heavy atom. The number of aromatic nitrogens is 1. The largest absolute Gasteiger partial charge is 0.384 e. The lowest BCUT2D eigenvalue weighted by molar-refractivity contribution is 0.0791. The van der Waals surface area contributed by atoms with E-state index in [1.54, 1.807) is 17.0 Å². The molecule has 0 spiro atoms. The van der Waals surface area contributed by atoms with Gasteiger partial charge in [0.05, 0.1) is 22.5 Å². The minimum absolute atomic E-state index is 0.00626. The molecule has 9 heteroatoms. The number of hydrogen-bond acceptors (Lipinski definition) is 6. The minimum Gasteiger partial charge on any atom is -0.384 e. The third-order valence-corrected chi connectivity index (χ3v) is 6.26. The van der Waals surface area contributed by atoms with Crippen molar-refractivity contribution in [2.75, 3.05) is 36.8 Å². The van der Waals surface area contributed by atoms with Crippen molar-refractivity contribution in [3.63, 3.8) is 0 Å². The fourth-order valence-electron chi connectivity index (χ4n) is 4.69. The highest BCUT2D eigenvalue weighted by atomic mass is 16.2. The summed E-state index contributed by atoms with van der Waals surface area (Å²) in [7, 11) is 0. The molecule has 1 aromatic heterocycles. The van der Waals surface area contributed by atoms with Crippen molar-refractivity contribution in [1.82, 2.24) is 14.8 Å². The van der Waals surface area contributed by atoms with E-state index in [9.17, 15) is 19.2 Å². The molecule has 3 aliphatic rings. The Hall–Kier alpha value is -3.62. The molecule has 9 nitrogen and oxygen atoms in total. The van der Waals surface area contributed by atoms with Crippen molar-refractivity contribution in [3.05, 3.63) is 51.3 Å². The maximum Gasteiger partial charge on any atom is 0.262 e. The first-order valence-electron chi connectivity index (χ1n) is 10.6. The van der Waals surface area contributed by atoms with E-state index in [-0.39, 0.29) is 22.9 Å². The standard InChI is InChI=1S/C22H23N5O4/c23-19-18-14(20(29)24-21(18)30)12-17(28)27(19)16-11-13(22(31)26-9-3-4-10-26)5-6-15(16)25-7-1-2-8-25/h5-6,11-12H,1-4,7-10,23H2,(H,24,29,30). The highest BCUT2D eigenvalue weighted by Gasteiger charge is 2.33.